The number of aryl methyl sites for hydroxylation is 1. The molecule has 1 N–H and O–H groups in total. The fourth-order valence-electron chi connectivity index (χ4n) is 2.55. The smallest absolute Gasteiger partial charge is 0.127 e. The van der Waals surface area contributed by atoms with Gasteiger partial charge in [-0.2, -0.15) is 5.10 Å². The van der Waals surface area contributed by atoms with Crippen LogP contribution in [0.5, 0.6) is 0 Å². The van der Waals surface area contributed by atoms with Gasteiger partial charge in [-0.05, 0) is 23.8 Å². The van der Waals surface area contributed by atoms with E-state index in [-0.39, 0.29) is 0 Å². The topological polar surface area (TPSA) is 58.9 Å². The molecular weight excluding hydrogens is 300 g/mol. The highest BCUT2D eigenvalue weighted by molar-refractivity contribution is 5.61. The fourth-order valence-corrected chi connectivity index (χ4v) is 2.55. The molecule has 0 saturated heterocycles. The molecule has 0 saturated carbocycles. The van der Waals surface area contributed by atoms with Crippen LogP contribution in [0.15, 0.2) is 49.1 Å². The number of hydrogen-bond donors (Lipinski definition) is 1. The first-order valence-corrected chi connectivity index (χ1v) is 7.89. The van der Waals surface area contributed by atoms with Crippen LogP contribution in [0, 0.1) is 0 Å². The SMILES string of the molecule is CN(C)c1ccc(CNCc2cn(C)nc2-c2ccncc2)cn1. The van der Waals surface area contributed by atoms with Gasteiger partial charge < -0.3 is 10.2 Å². The summed E-state index contributed by atoms with van der Waals surface area (Å²) >= 11 is 0. The third-order valence-corrected chi connectivity index (χ3v) is 3.77. The molecule has 6 heteroatoms. The highest BCUT2D eigenvalue weighted by Crippen LogP contribution is 2.21. The van der Waals surface area contributed by atoms with Gasteiger partial charge in [0.15, 0.2) is 0 Å². The molecule has 0 aliphatic heterocycles. The lowest BCUT2D eigenvalue weighted by molar-refractivity contribution is 0.690. The Hall–Kier alpha value is -2.73. The number of pyridine rings is 2. The van der Waals surface area contributed by atoms with E-state index in [0.29, 0.717) is 0 Å². The highest BCUT2D eigenvalue weighted by atomic mass is 15.3. The summed E-state index contributed by atoms with van der Waals surface area (Å²) in [5.41, 5.74) is 4.41. The summed E-state index contributed by atoms with van der Waals surface area (Å²) in [5.74, 6) is 0.964. The lowest BCUT2D eigenvalue weighted by Gasteiger charge is -2.11. The van der Waals surface area contributed by atoms with Gasteiger partial charge in [-0.3, -0.25) is 9.67 Å². The van der Waals surface area contributed by atoms with Crippen molar-refractivity contribution in [3.8, 4) is 11.3 Å². The molecule has 6 nitrogen and oxygen atoms in total. The Morgan fingerprint density at radius 1 is 1.08 bits per heavy atom. The molecular formula is C18H22N6. The van der Waals surface area contributed by atoms with E-state index in [1.807, 2.05) is 55.1 Å². The molecule has 3 aromatic rings. The maximum absolute atomic E-state index is 4.57. The van der Waals surface area contributed by atoms with E-state index in [0.717, 1.165) is 35.7 Å². The van der Waals surface area contributed by atoms with Crippen LogP contribution < -0.4 is 10.2 Å². The molecule has 3 heterocycles. The summed E-state index contributed by atoms with van der Waals surface area (Å²) < 4.78 is 1.85. The zero-order chi connectivity index (χ0) is 16.9. The van der Waals surface area contributed by atoms with E-state index in [9.17, 15) is 0 Å². The molecule has 0 amide bonds. The van der Waals surface area contributed by atoms with Crippen molar-refractivity contribution in [3.05, 3.63) is 60.2 Å². The molecule has 0 spiro atoms. The first-order valence-electron chi connectivity index (χ1n) is 7.89. The Balaban J connectivity index is 1.65. The van der Waals surface area contributed by atoms with Crippen molar-refractivity contribution in [1.29, 1.82) is 0 Å². The van der Waals surface area contributed by atoms with E-state index in [1.54, 1.807) is 12.4 Å². The largest absolute Gasteiger partial charge is 0.363 e. The maximum Gasteiger partial charge on any atom is 0.127 e. The van der Waals surface area contributed by atoms with E-state index in [4.69, 9.17) is 0 Å². The predicted molar refractivity (Wildman–Crippen MR) is 95.5 cm³/mol. The maximum atomic E-state index is 4.57. The van der Waals surface area contributed by atoms with Crippen LogP contribution in [0.2, 0.25) is 0 Å². The lowest BCUT2D eigenvalue weighted by atomic mass is 10.1. The summed E-state index contributed by atoms with van der Waals surface area (Å²) in [4.78, 5) is 10.5. The Morgan fingerprint density at radius 2 is 1.88 bits per heavy atom. The van der Waals surface area contributed by atoms with Gasteiger partial charge >= 0.3 is 0 Å². The highest BCUT2D eigenvalue weighted by Gasteiger charge is 2.09. The Bertz CT molecular complexity index is 777. The second-order valence-corrected chi connectivity index (χ2v) is 5.94. The van der Waals surface area contributed by atoms with Gasteiger partial charge in [-0.25, -0.2) is 4.98 Å². The molecule has 24 heavy (non-hydrogen) atoms. The van der Waals surface area contributed by atoms with Gasteiger partial charge in [0.1, 0.15) is 5.82 Å². The molecule has 0 atom stereocenters. The summed E-state index contributed by atoms with van der Waals surface area (Å²) in [5, 5.41) is 8.04. The van der Waals surface area contributed by atoms with Crippen LogP contribution in [-0.2, 0) is 20.1 Å². The number of nitrogens with one attached hydrogen (secondary N) is 1. The number of anilines is 1. The normalized spacial score (nSPS) is 10.8. The third-order valence-electron chi connectivity index (χ3n) is 3.77. The van der Waals surface area contributed by atoms with Crippen LogP contribution in [-0.4, -0.2) is 33.8 Å². The number of rotatable bonds is 6. The second-order valence-electron chi connectivity index (χ2n) is 5.94. The first kappa shape index (κ1) is 16.1. The quantitative estimate of drug-likeness (QED) is 0.754. The Labute approximate surface area is 142 Å². The van der Waals surface area contributed by atoms with E-state index in [2.05, 4.69) is 32.6 Å². The van der Waals surface area contributed by atoms with Crippen LogP contribution in [0.3, 0.4) is 0 Å². The standard InChI is InChI=1S/C18H22N6/c1-23(2)17-5-4-14(11-21-17)10-20-12-16-13-24(3)22-18(16)15-6-8-19-9-7-15/h4-9,11,13,20H,10,12H2,1-3H3. The Kier molecular flexibility index (Phi) is 4.86. The number of hydrogen-bond acceptors (Lipinski definition) is 5. The molecule has 0 radical (unpaired) electrons. The monoisotopic (exact) mass is 322 g/mol. The summed E-state index contributed by atoms with van der Waals surface area (Å²) in [7, 11) is 5.92. The molecule has 0 aliphatic rings. The van der Waals surface area contributed by atoms with Crippen molar-refractivity contribution in [3.63, 3.8) is 0 Å². The molecule has 0 fully saturated rings. The van der Waals surface area contributed by atoms with Crippen LogP contribution in [0.1, 0.15) is 11.1 Å². The summed E-state index contributed by atoms with van der Waals surface area (Å²) in [6.45, 7) is 1.52. The average Bonchev–Trinajstić information content (AvgIpc) is 2.97. The average molecular weight is 322 g/mol. The number of nitrogens with zero attached hydrogens (tertiary/aromatic N) is 5. The number of aromatic nitrogens is 4. The van der Waals surface area contributed by atoms with Crippen LogP contribution >= 0.6 is 0 Å². The molecule has 3 rings (SSSR count). The molecule has 0 bridgehead atoms. The van der Waals surface area contributed by atoms with Crippen molar-refractivity contribution in [2.24, 2.45) is 7.05 Å². The van der Waals surface area contributed by atoms with E-state index >= 15 is 0 Å². The van der Waals surface area contributed by atoms with Gasteiger partial charge in [0, 0.05) is 70.1 Å². The molecule has 124 valence electrons. The zero-order valence-corrected chi connectivity index (χ0v) is 14.3. The molecule has 0 aromatic carbocycles. The van der Waals surface area contributed by atoms with E-state index < -0.39 is 0 Å². The van der Waals surface area contributed by atoms with Crippen molar-refractivity contribution in [2.45, 2.75) is 13.1 Å². The first-order chi connectivity index (χ1) is 11.6. The summed E-state index contributed by atoms with van der Waals surface area (Å²) in [6, 6.07) is 8.09. The molecule has 0 unspecified atom stereocenters. The van der Waals surface area contributed by atoms with Gasteiger partial charge in [-0.1, -0.05) is 6.07 Å². The van der Waals surface area contributed by atoms with Crippen LogP contribution in [0.25, 0.3) is 11.3 Å². The van der Waals surface area contributed by atoms with Gasteiger partial charge in [0.2, 0.25) is 0 Å². The Morgan fingerprint density at radius 3 is 2.54 bits per heavy atom. The van der Waals surface area contributed by atoms with Gasteiger partial charge in [-0.15, -0.1) is 0 Å². The third kappa shape index (κ3) is 3.78. The minimum Gasteiger partial charge on any atom is -0.363 e. The van der Waals surface area contributed by atoms with Crippen LogP contribution in [0.4, 0.5) is 5.82 Å². The zero-order valence-electron chi connectivity index (χ0n) is 14.3. The van der Waals surface area contributed by atoms with E-state index in [1.165, 1.54) is 5.56 Å². The fraction of sp³-hybridized carbons (Fsp3) is 0.278. The van der Waals surface area contributed by atoms with Gasteiger partial charge in [0.25, 0.3) is 0 Å². The van der Waals surface area contributed by atoms with Crippen molar-refractivity contribution >= 4 is 5.82 Å². The van der Waals surface area contributed by atoms with Crippen molar-refractivity contribution < 1.29 is 0 Å². The minimum atomic E-state index is 0.751. The predicted octanol–water partition coefficient (Wildman–Crippen LogP) is 2.23. The van der Waals surface area contributed by atoms with Crippen molar-refractivity contribution in [1.82, 2.24) is 25.1 Å². The minimum absolute atomic E-state index is 0.751. The molecule has 3 aromatic heterocycles. The second kappa shape index (κ2) is 7.23. The summed E-state index contributed by atoms with van der Waals surface area (Å²) in [6.07, 6.45) is 7.55. The lowest BCUT2D eigenvalue weighted by Crippen LogP contribution is -2.14. The molecule has 0 aliphatic carbocycles. The van der Waals surface area contributed by atoms with Crippen molar-refractivity contribution in [2.75, 3.05) is 19.0 Å². The van der Waals surface area contributed by atoms with Gasteiger partial charge in [0.05, 0.1) is 5.69 Å².